The summed E-state index contributed by atoms with van der Waals surface area (Å²) in [6.45, 7) is 1.40. The van der Waals surface area contributed by atoms with Crippen LogP contribution < -0.4 is 15.4 Å². The van der Waals surface area contributed by atoms with Crippen LogP contribution in [0.2, 0.25) is 0 Å². The smallest absolute Gasteiger partial charge is 0.287 e. The van der Waals surface area contributed by atoms with E-state index in [1.54, 1.807) is 47.0 Å². The van der Waals surface area contributed by atoms with Gasteiger partial charge in [-0.2, -0.15) is 0 Å². The number of carbonyl (C=O) groups excluding carboxylic acids is 2. The molecule has 0 bridgehead atoms. The van der Waals surface area contributed by atoms with E-state index in [0.29, 0.717) is 23.5 Å². The van der Waals surface area contributed by atoms with Gasteiger partial charge in [0.1, 0.15) is 5.75 Å². The van der Waals surface area contributed by atoms with E-state index in [-0.39, 0.29) is 17.4 Å². The molecule has 0 aliphatic rings. The van der Waals surface area contributed by atoms with Crippen LogP contribution in [0.3, 0.4) is 0 Å². The number of pyridine rings is 1. The maximum atomic E-state index is 12.9. The number of hydrogen-bond acceptors (Lipinski definition) is 5. The maximum Gasteiger partial charge on any atom is 0.287 e. The molecule has 152 valence electrons. The Kier molecular flexibility index (Phi) is 6.46. The second kappa shape index (κ2) is 9.20. The van der Waals surface area contributed by atoms with Crippen molar-refractivity contribution in [2.24, 2.45) is 0 Å². The molecule has 2 heterocycles. The summed E-state index contributed by atoms with van der Waals surface area (Å²) in [6, 6.07) is 12.5. The summed E-state index contributed by atoms with van der Waals surface area (Å²) in [7, 11) is 5.50. The van der Waals surface area contributed by atoms with Gasteiger partial charge in [0.25, 0.3) is 11.8 Å². The van der Waals surface area contributed by atoms with Gasteiger partial charge in [-0.25, -0.2) is 4.98 Å². The van der Waals surface area contributed by atoms with Gasteiger partial charge in [-0.3, -0.25) is 14.0 Å². The molecule has 0 saturated carbocycles. The van der Waals surface area contributed by atoms with Gasteiger partial charge >= 0.3 is 0 Å². The Balaban J connectivity index is 1.84. The summed E-state index contributed by atoms with van der Waals surface area (Å²) < 4.78 is 6.90. The SMILES string of the molecule is COc1ccccc1NC(=O)c1nc(C(=O)NCCCN(C)C)n2ccccc12. The molecular formula is C21H25N5O3. The lowest BCUT2D eigenvalue weighted by Crippen LogP contribution is -2.28. The number of nitrogens with zero attached hydrogens (tertiary/aromatic N) is 3. The molecule has 3 rings (SSSR count). The highest BCUT2D eigenvalue weighted by atomic mass is 16.5. The number of carbonyl (C=O) groups is 2. The molecule has 2 N–H and O–H groups in total. The molecule has 0 fully saturated rings. The van der Waals surface area contributed by atoms with Crippen LogP contribution in [0.15, 0.2) is 48.7 Å². The third-order valence-corrected chi connectivity index (χ3v) is 4.39. The van der Waals surface area contributed by atoms with Crippen LogP contribution in [0.4, 0.5) is 5.69 Å². The zero-order valence-corrected chi connectivity index (χ0v) is 16.8. The van der Waals surface area contributed by atoms with E-state index in [1.807, 2.05) is 20.2 Å². The highest BCUT2D eigenvalue weighted by molar-refractivity contribution is 6.09. The van der Waals surface area contributed by atoms with Crippen LogP contribution >= 0.6 is 0 Å². The molecule has 2 amide bonds. The number of benzene rings is 1. The molecule has 0 atom stereocenters. The minimum atomic E-state index is -0.412. The summed E-state index contributed by atoms with van der Waals surface area (Å²) in [5.74, 6) is -0.00925. The number of methoxy groups -OCH3 is 1. The first-order valence-electron chi connectivity index (χ1n) is 9.35. The summed E-state index contributed by atoms with van der Waals surface area (Å²) in [5, 5.41) is 5.68. The zero-order valence-electron chi connectivity index (χ0n) is 16.8. The monoisotopic (exact) mass is 395 g/mol. The molecule has 0 saturated heterocycles. The van der Waals surface area contributed by atoms with Crippen molar-refractivity contribution in [3.8, 4) is 5.75 Å². The minimum absolute atomic E-state index is 0.176. The Morgan fingerprint density at radius 3 is 2.62 bits per heavy atom. The van der Waals surface area contributed by atoms with Gasteiger partial charge in [0.2, 0.25) is 5.82 Å². The molecule has 3 aromatic rings. The van der Waals surface area contributed by atoms with Crippen molar-refractivity contribution >= 4 is 23.0 Å². The summed E-state index contributed by atoms with van der Waals surface area (Å²) in [5.41, 5.74) is 1.26. The maximum absolute atomic E-state index is 12.9. The second-order valence-corrected chi connectivity index (χ2v) is 6.81. The summed E-state index contributed by atoms with van der Waals surface area (Å²) in [6.07, 6.45) is 2.54. The Bertz CT molecular complexity index is 1010. The van der Waals surface area contributed by atoms with Gasteiger partial charge < -0.3 is 20.3 Å². The highest BCUT2D eigenvalue weighted by Crippen LogP contribution is 2.24. The van der Waals surface area contributed by atoms with Gasteiger partial charge in [-0.05, 0) is 51.3 Å². The predicted molar refractivity (Wildman–Crippen MR) is 112 cm³/mol. The Hall–Kier alpha value is -3.39. The van der Waals surface area contributed by atoms with Gasteiger partial charge in [0.15, 0.2) is 5.69 Å². The number of imidazole rings is 1. The van der Waals surface area contributed by atoms with E-state index >= 15 is 0 Å². The fourth-order valence-corrected chi connectivity index (χ4v) is 2.97. The molecule has 29 heavy (non-hydrogen) atoms. The first-order valence-corrected chi connectivity index (χ1v) is 9.35. The van der Waals surface area contributed by atoms with Crippen molar-refractivity contribution in [3.63, 3.8) is 0 Å². The van der Waals surface area contributed by atoms with E-state index in [9.17, 15) is 9.59 Å². The van der Waals surface area contributed by atoms with Gasteiger partial charge in [0.05, 0.1) is 18.3 Å². The molecule has 0 aliphatic heterocycles. The van der Waals surface area contributed by atoms with E-state index < -0.39 is 5.91 Å². The number of anilines is 1. The summed E-state index contributed by atoms with van der Waals surface area (Å²) in [4.78, 5) is 31.9. The van der Waals surface area contributed by atoms with Gasteiger partial charge in [-0.1, -0.05) is 18.2 Å². The average Bonchev–Trinajstić information content (AvgIpc) is 3.11. The number of para-hydroxylation sites is 2. The van der Waals surface area contributed by atoms with Crippen molar-refractivity contribution in [3.05, 3.63) is 60.2 Å². The highest BCUT2D eigenvalue weighted by Gasteiger charge is 2.22. The first-order chi connectivity index (χ1) is 14.0. The van der Waals surface area contributed by atoms with Crippen molar-refractivity contribution in [1.82, 2.24) is 19.6 Å². The minimum Gasteiger partial charge on any atom is -0.495 e. The molecule has 0 unspecified atom stereocenters. The third-order valence-electron chi connectivity index (χ3n) is 4.39. The lowest BCUT2D eigenvalue weighted by atomic mass is 10.2. The van der Waals surface area contributed by atoms with Crippen molar-refractivity contribution in [2.75, 3.05) is 39.6 Å². The lowest BCUT2D eigenvalue weighted by Gasteiger charge is -2.09. The number of amides is 2. The number of aromatic nitrogens is 2. The van der Waals surface area contributed by atoms with Crippen LogP contribution in [-0.2, 0) is 0 Å². The van der Waals surface area contributed by atoms with Crippen LogP contribution in [-0.4, -0.2) is 60.4 Å². The standard InChI is InChI=1S/C21H25N5O3/c1-25(2)13-8-12-22-21(28)19-24-18(16-10-6-7-14-26(16)19)20(27)23-15-9-4-5-11-17(15)29-3/h4-7,9-11,14H,8,12-13H2,1-3H3,(H,22,28)(H,23,27). The molecule has 8 heteroatoms. The Morgan fingerprint density at radius 2 is 1.86 bits per heavy atom. The Morgan fingerprint density at radius 1 is 1.10 bits per heavy atom. The average molecular weight is 395 g/mol. The third kappa shape index (κ3) is 4.72. The number of rotatable bonds is 8. The molecule has 2 aromatic heterocycles. The van der Waals surface area contributed by atoms with E-state index in [1.165, 1.54) is 7.11 Å². The Labute approximate surface area is 169 Å². The summed E-state index contributed by atoms with van der Waals surface area (Å²) >= 11 is 0. The zero-order chi connectivity index (χ0) is 20.8. The largest absolute Gasteiger partial charge is 0.495 e. The normalized spacial score (nSPS) is 10.9. The molecule has 0 radical (unpaired) electrons. The molecular weight excluding hydrogens is 370 g/mol. The molecule has 1 aromatic carbocycles. The first kappa shape index (κ1) is 20.3. The van der Waals surface area contributed by atoms with Crippen LogP contribution in [0, 0.1) is 0 Å². The topological polar surface area (TPSA) is 88.0 Å². The fourth-order valence-electron chi connectivity index (χ4n) is 2.97. The second-order valence-electron chi connectivity index (χ2n) is 6.81. The number of ether oxygens (including phenoxy) is 1. The van der Waals surface area contributed by atoms with E-state index in [2.05, 4.69) is 20.5 Å². The molecule has 0 spiro atoms. The number of nitrogens with one attached hydrogen (secondary N) is 2. The van der Waals surface area contributed by atoms with Crippen LogP contribution in [0.25, 0.3) is 5.52 Å². The van der Waals surface area contributed by atoms with Gasteiger partial charge in [-0.15, -0.1) is 0 Å². The predicted octanol–water partition coefficient (Wildman–Crippen LogP) is 2.28. The fraction of sp³-hybridized carbons (Fsp3) is 0.286. The quantitative estimate of drug-likeness (QED) is 0.572. The van der Waals surface area contributed by atoms with Crippen molar-refractivity contribution in [2.45, 2.75) is 6.42 Å². The van der Waals surface area contributed by atoms with Crippen molar-refractivity contribution in [1.29, 1.82) is 0 Å². The molecule has 8 nitrogen and oxygen atoms in total. The molecule has 0 aliphatic carbocycles. The number of hydrogen-bond donors (Lipinski definition) is 2. The van der Waals surface area contributed by atoms with E-state index in [0.717, 1.165) is 13.0 Å². The van der Waals surface area contributed by atoms with Crippen LogP contribution in [0.1, 0.15) is 27.5 Å². The van der Waals surface area contributed by atoms with E-state index in [4.69, 9.17) is 4.74 Å². The van der Waals surface area contributed by atoms with Crippen LogP contribution in [0.5, 0.6) is 5.75 Å². The van der Waals surface area contributed by atoms with Crippen molar-refractivity contribution < 1.29 is 14.3 Å². The number of fused-ring (bicyclic) bond motifs is 1. The lowest BCUT2D eigenvalue weighted by molar-refractivity contribution is 0.0941. The van der Waals surface area contributed by atoms with Gasteiger partial charge in [0, 0.05) is 12.7 Å².